The number of furan rings is 1. The molecule has 0 aliphatic heterocycles. The number of hydrogen-bond acceptors (Lipinski definition) is 4. The van der Waals surface area contributed by atoms with Crippen LogP contribution in [-0.4, -0.2) is 18.4 Å². The van der Waals surface area contributed by atoms with Crippen LogP contribution in [0, 0.1) is 6.92 Å². The van der Waals surface area contributed by atoms with Crippen molar-refractivity contribution in [2.45, 2.75) is 20.3 Å². The number of carbonyl (C=O) groups excluding carboxylic acids is 2. The summed E-state index contributed by atoms with van der Waals surface area (Å²) >= 11 is 3.40. The maximum absolute atomic E-state index is 11.7. The first-order valence-electron chi connectivity index (χ1n) is 7.72. The smallest absolute Gasteiger partial charge is 0.276 e. The van der Waals surface area contributed by atoms with E-state index in [2.05, 4.69) is 33.7 Å². The van der Waals surface area contributed by atoms with Crippen LogP contribution in [0.25, 0.3) is 6.08 Å². The van der Waals surface area contributed by atoms with E-state index in [4.69, 9.17) is 9.15 Å². The Labute approximate surface area is 154 Å². The topological polar surface area (TPSA) is 80.6 Å². The van der Waals surface area contributed by atoms with Crippen LogP contribution in [0.1, 0.15) is 24.0 Å². The number of benzene rings is 1. The normalized spacial score (nSPS) is 10.7. The lowest BCUT2D eigenvalue weighted by molar-refractivity contribution is -0.128. The summed E-state index contributed by atoms with van der Waals surface area (Å²) in [5.41, 5.74) is 5.71. The minimum atomic E-state index is -0.476. The summed E-state index contributed by atoms with van der Waals surface area (Å²) in [6.45, 7) is 3.65. The number of nitrogens with one attached hydrogen (secondary N) is 2. The van der Waals surface area contributed by atoms with Crippen molar-refractivity contribution in [2.75, 3.05) is 6.61 Å². The van der Waals surface area contributed by atoms with E-state index in [1.807, 2.05) is 19.1 Å². The second kappa shape index (κ2) is 9.08. The first-order valence-corrected chi connectivity index (χ1v) is 8.51. The standard InChI is InChI=1S/C18H19BrN2O4/c1-3-13-5-8-16(15(19)10-13)24-11-18(23)21-20-17(22)9-7-14-6-4-12(2)25-14/h4-10H,3,11H2,1-2H3,(H,20,22)(H,21,23)/b9-7+. The maximum Gasteiger partial charge on any atom is 0.276 e. The molecule has 0 atom stereocenters. The Kier molecular flexibility index (Phi) is 6.82. The third-order valence-corrected chi connectivity index (χ3v) is 3.87. The summed E-state index contributed by atoms with van der Waals surface area (Å²) < 4.78 is 11.5. The number of hydrogen-bond donors (Lipinski definition) is 2. The second-order valence-electron chi connectivity index (χ2n) is 5.23. The highest BCUT2D eigenvalue weighted by atomic mass is 79.9. The van der Waals surface area contributed by atoms with Crippen LogP contribution in [0.4, 0.5) is 0 Å². The van der Waals surface area contributed by atoms with E-state index in [9.17, 15) is 9.59 Å². The maximum atomic E-state index is 11.7. The Morgan fingerprint density at radius 1 is 1.24 bits per heavy atom. The molecule has 0 unspecified atom stereocenters. The second-order valence-corrected chi connectivity index (χ2v) is 6.08. The molecule has 0 bridgehead atoms. The van der Waals surface area contributed by atoms with E-state index < -0.39 is 11.8 Å². The van der Waals surface area contributed by atoms with Gasteiger partial charge in [-0.1, -0.05) is 13.0 Å². The molecule has 0 fully saturated rings. The summed E-state index contributed by atoms with van der Waals surface area (Å²) in [7, 11) is 0. The highest BCUT2D eigenvalue weighted by Crippen LogP contribution is 2.26. The Morgan fingerprint density at radius 2 is 2.04 bits per heavy atom. The molecule has 0 saturated heterocycles. The number of aryl methyl sites for hydroxylation is 2. The van der Waals surface area contributed by atoms with Crippen LogP contribution in [-0.2, 0) is 16.0 Å². The third kappa shape index (κ3) is 6.11. The van der Waals surface area contributed by atoms with E-state index in [0.29, 0.717) is 11.5 Å². The van der Waals surface area contributed by atoms with Gasteiger partial charge < -0.3 is 9.15 Å². The molecule has 0 aliphatic carbocycles. The fourth-order valence-corrected chi connectivity index (χ4v) is 2.48. The Bertz CT molecular complexity index is 783. The van der Waals surface area contributed by atoms with Crippen LogP contribution in [0.2, 0.25) is 0 Å². The predicted octanol–water partition coefficient (Wildman–Crippen LogP) is 3.15. The van der Waals surface area contributed by atoms with Crippen molar-refractivity contribution in [2.24, 2.45) is 0 Å². The number of ether oxygens (including phenoxy) is 1. The van der Waals surface area contributed by atoms with Gasteiger partial charge >= 0.3 is 0 Å². The molecule has 132 valence electrons. The highest BCUT2D eigenvalue weighted by molar-refractivity contribution is 9.10. The van der Waals surface area contributed by atoms with Crippen molar-refractivity contribution in [3.63, 3.8) is 0 Å². The van der Waals surface area contributed by atoms with Gasteiger partial charge in [0, 0.05) is 6.08 Å². The SMILES string of the molecule is CCc1ccc(OCC(=O)NNC(=O)/C=C/c2ccc(C)o2)c(Br)c1. The van der Waals surface area contributed by atoms with Crippen LogP contribution in [0.3, 0.4) is 0 Å². The zero-order valence-corrected chi connectivity index (χ0v) is 15.6. The molecule has 1 aromatic carbocycles. The molecule has 25 heavy (non-hydrogen) atoms. The van der Waals surface area contributed by atoms with Gasteiger partial charge in [0.15, 0.2) is 6.61 Å². The van der Waals surface area contributed by atoms with Gasteiger partial charge in [-0.2, -0.15) is 0 Å². The molecular weight excluding hydrogens is 388 g/mol. The van der Waals surface area contributed by atoms with Gasteiger partial charge in [0.1, 0.15) is 17.3 Å². The summed E-state index contributed by atoms with van der Waals surface area (Å²) in [6, 6.07) is 9.20. The minimum Gasteiger partial charge on any atom is -0.483 e. The fraction of sp³-hybridized carbons (Fsp3) is 0.222. The van der Waals surface area contributed by atoms with Crippen LogP contribution < -0.4 is 15.6 Å². The van der Waals surface area contributed by atoms with Crippen LogP contribution in [0.5, 0.6) is 5.75 Å². The van der Waals surface area contributed by atoms with Crippen molar-refractivity contribution >= 4 is 33.8 Å². The molecule has 7 heteroatoms. The summed E-state index contributed by atoms with van der Waals surface area (Å²) in [6.07, 6.45) is 3.69. The van der Waals surface area contributed by atoms with Gasteiger partial charge in [0.2, 0.25) is 0 Å². The minimum absolute atomic E-state index is 0.217. The van der Waals surface area contributed by atoms with E-state index in [0.717, 1.165) is 22.2 Å². The number of amides is 2. The van der Waals surface area contributed by atoms with Gasteiger partial charge in [-0.15, -0.1) is 0 Å². The molecule has 6 nitrogen and oxygen atoms in total. The number of halogens is 1. The van der Waals surface area contributed by atoms with E-state index >= 15 is 0 Å². The average molecular weight is 407 g/mol. The highest BCUT2D eigenvalue weighted by Gasteiger charge is 2.07. The van der Waals surface area contributed by atoms with Crippen molar-refractivity contribution < 1.29 is 18.7 Å². The molecule has 2 N–H and O–H groups in total. The van der Waals surface area contributed by atoms with Crippen molar-refractivity contribution in [1.82, 2.24) is 10.9 Å². The summed E-state index contributed by atoms with van der Waals surface area (Å²) in [4.78, 5) is 23.3. The Morgan fingerprint density at radius 3 is 2.68 bits per heavy atom. The molecule has 0 radical (unpaired) electrons. The lowest BCUT2D eigenvalue weighted by Gasteiger charge is -2.10. The number of rotatable bonds is 6. The lowest BCUT2D eigenvalue weighted by Crippen LogP contribution is -2.43. The molecule has 2 aromatic rings. The van der Waals surface area contributed by atoms with Gasteiger partial charge in [-0.3, -0.25) is 20.4 Å². The van der Waals surface area contributed by atoms with Gasteiger partial charge in [0.05, 0.1) is 4.47 Å². The predicted molar refractivity (Wildman–Crippen MR) is 97.8 cm³/mol. The van der Waals surface area contributed by atoms with Crippen molar-refractivity contribution in [1.29, 1.82) is 0 Å². The molecular formula is C18H19BrN2O4. The zero-order valence-electron chi connectivity index (χ0n) is 14.0. The summed E-state index contributed by atoms with van der Waals surface area (Å²) in [5, 5.41) is 0. The molecule has 1 heterocycles. The first-order chi connectivity index (χ1) is 12.0. The first kappa shape index (κ1) is 18.8. The molecule has 1 aromatic heterocycles. The quantitative estimate of drug-likeness (QED) is 0.570. The van der Waals surface area contributed by atoms with Gasteiger partial charge in [0.25, 0.3) is 11.8 Å². The number of carbonyl (C=O) groups is 2. The molecule has 0 aliphatic rings. The van der Waals surface area contributed by atoms with Crippen LogP contribution >= 0.6 is 15.9 Å². The monoisotopic (exact) mass is 406 g/mol. The fourth-order valence-electron chi connectivity index (χ4n) is 1.93. The largest absolute Gasteiger partial charge is 0.483 e. The van der Waals surface area contributed by atoms with Crippen molar-refractivity contribution in [3.05, 3.63) is 58.0 Å². The Balaban J connectivity index is 1.75. The number of hydrazine groups is 1. The average Bonchev–Trinajstić information content (AvgIpc) is 3.02. The van der Waals surface area contributed by atoms with Crippen molar-refractivity contribution in [3.8, 4) is 5.75 Å². The molecule has 0 spiro atoms. The Hall–Kier alpha value is -2.54. The third-order valence-electron chi connectivity index (χ3n) is 3.25. The molecule has 2 rings (SSSR count). The molecule has 2 amide bonds. The molecule has 0 saturated carbocycles. The summed E-state index contributed by atoms with van der Waals surface area (Å²) in [5.74, 6) is 0.927. The lowest BCUT2D eigenvalue weighted by atomic mass is 10.2. The van der Waals surface area contributed by atoms with Crippen LogP contribution in [0.15, 0.2) is 45.3 Å². The zero-order chi connectivity index (χ0) is 18.2. The van der Waals surface area contributed by atoms with E-state index in [1.54, 1.807) is 18.2 Å². The van der Waals surface area contributed by atoms with E-state index in [1.165, 1.54) is 12.2 Å². The van der Waals surface area contributed by atoms with E-state index in [-0.39, 0.29) is 6.61 Å². The van der Waals surface area contributed by atoms with Gasteiger partial charge in [-0.25, -0.2) is 0 Å². The van der Waals surface area contributed by atoms with Gasteiger partial charge in [-0.05, 0) is 65.2 Å².